The number of ether oxygens (including phenoxy) is 1. The minimum absolute atomic E-state index is 0.0423. The molecule has 28 heavy (non-hydrogen) atoms. The van der Waals surface area contributed by atoms with E-state index in [9.17, 15) is 9.59 Å². The Balaban J connectivity index is 1.45. The van der Waals surface area contributed by atoms with Crippen molar-refractivity contribution in [2.45, 2.75) is 31.2 Å². The van der Waals surface area contributed by atoms with Crippen LogP contribution in [0, 0.1) is 0 Å². The van der Waals surface area contributed by atoms with Crippen molar-refractivity contribution in [1.82, 2.24) is 5.32 Å². The van der Waals surface area contributed by atoms with Crippen molar-refractivity contribution >= 4 is 11.9 Å². The van der Waals surface area contributed by atoms with Gasteiger partial charge < -0.3 is 20.9 Å². The third kappa shape index (κ3) is 4.58. The summed E-state index contributed by atoms with van der Waals surface area (Å²) in [6, 6.07) is 15.8. The number of rotatable bonds is 9. The maximum Gasteiger partial charge on any atom is 0.407 e. The summed E-state index contributed by atoms with van der Waals surface area (Å²) in [4.78, 5) is 23.2. The first kappa shape index (κ1) is 20.0. The van der Waals surface area contributed by atoms with Gasteiger partial charge in [-0.2, -0.15) is 0 Å². The minimum Gasteiger partial charge on any atom is -0.449 e. The predicted octanol–water partition coefficient (Wildman–Crippen LogP) is 2.58. The molecule has 0 heterocycles. The van der Waals surface area contributed by atoms with Crippen LogP contribution in [0.1, 0.15) is 36.3 Å². The number of hydrogen-bond donors (Lipinski definition) is 3. The van der Waals surface area contributed by atoms with Gasteiger partial charge in [0.1, 0.15) is 13.2 Å². The first-order valence-corrected chi connectivity index (χ1v) is 9.59. The molecule has 1 aliphatic carbocycles. The SMILES string of the molecule is N[C@@H](CCCCNC(=O)OCC1c2ccccc2-c2ccccc21)C(=O)CO. The van der Waals surface area contributed by atoms with E-state index in [1.54, 1.807) is 0 Å². The number of aliphatic hydroxyl groups excluding tert-OH is 1. The Morgan fingerprint density at radius 3 is 2.25 bits per heavy atom. The van der Waals surface area contributed by atoms with Gasteiger partial charge >= 0.3 is 6.09 Å². The highest BCUT2D eigenvalue weighted by atomic mass is 16.5. The second-order valence-electron chi connectivity index (χ2n) is 6.98. The summed E-state index contributed by atoms with van der Waals surface area (Å²) < 4.78 is 5.46. The quantitative estimate of drug-likeness (QED) is 0.579. The van der Waals surface area contributed by atoms with Gasteiger partial charge in [-0.1, -0.05) is 48.5 Å². The molecular weight excluding hydrogens is 356 g/mol. The second kappa shape index (κ2) is 9.48. The summed E-state index contributed by atoms with van der Waals surface area (Å²) >= 11 is 0. The molecular formula is C22H26N2O4. The number of Topliss-reactive ketones (excluding diaryl/α,β-unsaturated/α-hetero) is 1. The molecule has 2 aromatic carbocycles. The molecule has 2 aromatic rings. The molecule has 0 saturated carbocycles. The molecule has 0 radical (unpaired) electrons. The molecule has 1 amide bonds. The fourth-order valence-electron chi connectivity index (χ4n) is 3.61. The Morgan fingerprint density at radius 2 is 1.64 bits per heavy atom. The fraction of sp³-hybridized carbons (Fsp3) is 0.364. The fourth-order valence-corrected chi connectivity index (χ4v) is 3.61. The Morgan fingerprint density at radius 1 is 1.04 bits per heavy atom. The van der Waals surface area contributed by atoms with Crippen LogP contribution in [-0.2, 0) is 9.53 Å². The molecule has 1 aliphatic rings. The Labute approximate surface area is 164 Å². The number of alkyl carbamates (subject to hydrolysis) is 1. The number of carbonyl (C=O) groups excluding carboxylic acids is 2. The first-order chi connectivity index (χ1) is 13.6. The standard InChI is InChI=1S/C22H26N2O4/c23-20(21(26)13-25)11-5-6-12-24-22(27)28-14-19-17-9-3-1-7-15(17)16-8-2-4-10-18(16)19/h1-4,7-10,19-20,25H,5-6,11-14,23H2,(H,24,27)/t20-/m0/s1. The van der Waals surface area contributed by atoms with Crippen molar-refractivity contribution in [2.24, 2.45) is 5.73 Å². The van der Waals surface area contributed by atoms with Gasteiger partial charge in [0.2, 0.25) is 0 Å². The van der Waals surface area contributed by atoms with Crippen LogP contribution in [0.15, 0.2) is 48.5 Å². The van der Waals surface area contributed by atoms with Gasteiger partial charge in [0.05, 0.1) is 6.04 Å². The summed E-state index contributed by atoms with van der Waals surface area (Å²) in [6.07, 6.45) is 1.43. The summed E-state index contributed by atoms with van der Waals surface area (Å²) in [5.41, 5.74) is 10.4. The van der Waals surface area contributed by atoms with Crippen LogP contribution in [0.5, 0.6) is 0 Å². The molecule has 0 aromatic heterocycles. The summed E-state index contributed by atoms with van der Waals surface area (Å²) in [6.45, 7) is 0.214. The highest BCUT2D eigenvalue weighted by molar-refractivity contribution is 5.84. The molecule has 3 rings (SSSR count). The van der Waals surface area contributed by atoms with Crippen LogP contribution in [0.3, 0.4) is 0 Å². The van der Waals surface area contributed by atoms with Crippen LogP contribution >= 0.6 is 0 Å². The summed E-state index contributed by atoms with van der Waals surface area (Å²) in [5.74, 6) is -0.315. The van der Waals surface area contributed by atoms with Gasteiger partial charge in [0, 0.05) is 12.5 Å². The van der Waals surface area contributed by atoms with Gasteiger partial charge in [-0.15, -0.1) is 0 Å². The van der Waals surface area contributed by atoms with E-state index >= 15 is 0 Å². The monoisotopic (exact) mass is 382 g/mol. The maximum absolute atomic E-state index is 12.0. The highest BCUT2D eigenvalue weighted by Gasteiger charge is 2.28. The number of benzene rings is 2. The lowest BCUT2D eigenvalue weighted by atomic mass is 9.98. The maximum atomic E-state index is 12.0. The van der Waals surface area contributed by atoms with Gasteiger partial charge in [-0.25, -0.2) is 4.79 Å². The van der Waals surface area contributed by atoms with Crippen LogP contribution in [0.25, 0.3) is 11.1 Å². The minimum atomic E-state index is -0.639. The lowest BCUT2D eigenvalue weighted by Gasteiger charge is -2.14. The molecule has 4 N–H and O–H groups in total. The number of hydrogen-bond acceptors (Lipinski definition) is 5. The summed E-state index contributed by atoms with van der Waals surface area (Å²) in [5, 5.41) is 11.5. The van der Waals surface area contributed by atoms with Crippen molar-refractivity contribution in [1.29, 1.82) is 0 Å². The Hall–Kier alpha value is -2.70. The van der Waals surface area contributed by atoms with Crippen LogP contribution in [0.2, 0.25) is 0 Å². The number of unbranched alkanes of at least 4 members (excludes halogenated alkanes) is 1. The highest BCUT2D eigenvalue weighted by Crippen LogP contribution is 2.44. The molecule has 0 spiro atoms. The molecule has 6 heteroatoms. The van der Waals surface area contributed by atoms with Crippen LogP contribution in [0.4, 0.5) is 4.79 Å². The molecule has 6 nitrogen and oxygen atoms in total. The normalized spacial score (nSPS) is 13.5. The van der Waals surface area contributed by atoms with Crippen molar-refractivity contribution in [2.75, 3.05) is 19.8 Å². The number of amides is 1. The van der Waals surface area contributed by atoms with Crippen molar-refractivity contribution in [3.05, 3.63) is 59.7 Å². The molecule has 0 fully saturated rings. The summed E-state index contributed by atoms with van der Waals surface area (Å²) in [7, 11) is 0. The molecule has 0 aliphatic heterocycles. The number of nitrogens with two attached hydrogens (primary N) is 1. The van der Waals surface area contributed by atoms with Crippen LogP contribution < -0.4 is 11.1 Å². The topological polar surface area (TPSA) is 102 Å². The largest absolute Gasteiger partial charge is 0.449 e. The molecule has 0 saturated heterocycles. The van der Waals surface area contributed by atoms with Crippen LogP contribution in [-0.4, -0.2) is 42.8 Å². The van der Waals surface area contributed by atoms with E-state index in [-0.39, 0.29) is 18.3 Å². The van der Waals surface area contributed by atoms with E-state index < -0.39 is 18.7 Å². The molecule has 0 unspecified atom stereocenters. The predicted molar refractivity (Wildman–Crippen MR) is 107 cm³/mol. The van der Waals surface area contributed by atoms with Gasteiger partial charge in [-0.3, -0.25) is 4.79 Å². The third-order valence-electron chi connectivity index (χ3n) is 5.12. The smallest absolute Gasteiger partial charge is 0.407 e. The van der Waals surface area contributed by atoms with Crippen molar-refractivity contribution < 1.29 is 19.4 Å². The number of nitrogens with one attached hydrogen (secondary N) is 1. The second-order valence-corrected chi connectivity index (χ2v) is 6.98. The van der Waals surface area contributed by atoms with E-state index in [0.29, 0.717) is 25.8 Å². The molecule has 1 atom stereocenters. The van der Waals surface area contributed by atoms with Crippen molar-refractivity contribution in [3.8, 4) is 11.1 Å². The van der Waals surface area contributed by atoms with E-state index in [4.69, 9.17) is 15.6 Å². The Kier molecular flexibility index (Phi) is 6.79. The average molecular weight is 382 g/mol. The molecule has 0 bridgehead atoms. The average Bonchev–Trinajstić information content (AvgIpc) is 3.05. The molecule has 148 valence electrons. The zero-order valence-electron chi connectivity index (χ0n) is 15.8. The van der Waals surface area contributed by atoms with E-state index in [1.807, 2.05) is 24.3 Å². The third-order valence-corrected chi connectivity index (χ3v) is 5.12. The van der Waals surface area contributed by atoms with E-state index in [1.165, 1.54) is 22.3 Å². The first-order valence-electron chi connectivity index (χ1n) is 9.59. The zero-order chi connectivity index (χ0) is 19.9. The Bertz CT molecular complexity index is 791. The number of fused-ring (bicyclic) bond motifs is 3. The number of aliphatic hydroxyl groups is 1. The lowest BCUT2D eigenvalue weighted by molar-refractivity contribution is -0.123. The lowest BCUT2D eigenvalue weighted by Crippen LogP contribution is -2.33. The number of ketones is 1. The zero-order valence-corrected chi connectivity index (χ0v) is 15.8. The van der Waals surface area contributed by atoms with Gasteiger partial charge in [0.15, 0.2) is 5.78 Å². The van der Waals surface area contributed by atoms with E-state index in [0.717, 1.165) is 0 Å². The van der Waals surface area contributed by atoms with Crippen molar-refractivity contribution in [3.63, 3.8) is 0 Å². The van der Waals surface area contributed by atoms with Gasteiger partial charge in [-0.05, 0) is 41.5 Å². The number of carbonyl (C=O) groups is 2. The van der Waals surface area contributed by atoms with E-state index in [2.05, 4.69) is 29.6 Å². The van der Waals surface area contributed by atoms with Gasteiger partial charge in [0.25, 0.3) is 0 Å².